The van der Waals surface area contributed by atoms with E-state index >= 15 is 0 Å². The molecule has 1 aromatic rings. The summed E-state index contributed by atoms with van der Waals surface area (Å²) in [5.74, 6) is 0.286. The second-order valence-electron chi connectivity index (χ2n) is 4.66. The Kier molecular flexibility index (Phi) is 4.11. The molecule has 2 rings (SSSR count). The fraction of sp³-hybridized carbons (Fsp3) is 0.500. The quantitative estimate of drug-likeness (QED) is 0.916. The summed E-state index contributed by atoms with van der Waals surface area (Å²) >= 11 is 3.37. The number of hydrogen-bond acceptors (Lipinski definition) is 3. The van der Waals surface area contributed by atoms with Crippen LogP contribution in [-0.2, 0) is 10.0 Å². The van der Waals surface area contributed by atoms with Crippen LogP contribution in [0.1, 0.15) is 12.0 Å². The summed E-state index contributed by atoms with van der Waals surface area (Å²) in [5, 5.41) is 0. The van der Waals surface area contributed by atoms with Crippen molar-refractivity contribution in [1.29, 1.82) is 0 Å². The van der Waals surface area contributed by atoms with Crippen LogP contribution in [0, 0.1) is 12.8 Å². The van der Waals surface area contributed by atoms with Crippen LogP contribution in [0.25, 0.3) is 0 Å². The molecule has 2 N–H and O–H groups in total. The third kappa shape index (κ3) is 2.61. The zero-order valence-corrected chi connectivity index (χ0v) is 12.7. The Morgan fingerprint density at radius 3 is 2.78 bits per heavy atom. The van der Waals surface area contributed by atoms with E-state index in [2.05, 4.69) is 15.9 Å². The van der Waals surface area contributed by atoms with Crippen LogP contribution < -0.4 is 5.73 Å². The molecular weight excluding hydrogens is 316 g/mol. The molecule has 18 heavy (non-hydrogen) atoms. The highest BCUT2D eigenvalue weighted by Gasteiger charge is 2.31. The predicted molar refractivity (Wildman–Crippen MR) is 74.8 cm³/mol. The van der Waals surface area contributed by atoms with Crippen LogP contribution in [0.2, 0.25) is 0 Å². The molecule has 100 valence electrons. The Labute approximate surface area is 116 Å². The Morgan fingerprint density at radius 1 is 1.50 bits per heavy atom. The monoisotopic (exact) mass is 332 g/mol. The first-order valence-corrected chi connectivity index (χ1v) is 8.15. The van der Waals surface area contributed by atoms with Crippen molar-refractivity contribution in [3.8, 4) is 0 Å². The molecule has 0 spiro atoms. The van der Waals surface area contributed by atoms with Crippen LogP contribution in [-0.4, -0.2) is 32.4 Å². The van der Waals surface area contributed by atoms with Crippen molar-refractivity contribution in [1.82, 2.24) is 4.31 Å². The number of aryl methyl sites for hydroxylation is 1. The lowest BCUT2D eigenvalue weighted by Crippen LogP contribution is -2.30. The number of nitrogens with zero attached hydrogens (tertiary/aromatic N) is 1. The van der Waals surface area contributed by atoms with E-state index in [0.29, 0.717) is 24.5 Å². The van der Waals surface area contributed by atoms with Crippen LogP contribution in [0.5, 0.6) is 0 Å². The number of nitrogens with two attached hydrogens (primary N) is 1. The first kappa shape index (κ1) is 14.0. The average Bonchev–Trinajstić information content (AvgIpc) is 2.81. The second-order valence-corrected chi connectivity index (χ2v) is 7.46. The minimum absolute atomic E-state index is 0.286. The molecule has 0 aromatic heterocycles. The summed E-state index contributed by atoms with van der Waals surface area (Å²) in [6, 6.07) is 5.14. The van der Waals surface area contributed by atoms with Gasteiger partial charge in [-0.1, -0.05) is 22.0 Å². The van der Waals surface area contributed by atoms with E-state index in [9.17, 15) is 8.42 Å². The first-order valence-electron chi connectivity index (χ1n) is 5.91. The Morgan fingerprint density at radius 2 is 2.22 bits per heavy atom. The number of rotatable bonds is 3. The van der Waals surface area contributed by atoms with Gasteiger partial charge in [-0.3, -0.25) is 0 Å². The number of hydrogen-bond donors (Lipinski definition) is 1. The van der Waals surface area contributed by atoms with Gasteiger partial charge < -0.3 is 5.73 Å². The van der Waals surface area contributed by atoms with Crippen molar-refractivity contribution >= 4 is 26.0 Å². The van der Waals surface area contributed by atoms with E-state index in [1.807, 2.05) is 13.0 Å². The number of halogens is 1. The summed E-state index contributed by atoms with van der Waals surface area (Å²) in [6.07, 6.45) is 0.850. The Bertz CT molecular complexity index is 545. The summed E-state index contributed by atoms with van der Waals surface area (Å²) in [5.41, 5.74) is 6.62. The highest BCUT2D eigenvalue weighted by molar-refractivity contribution is 9.10. The Hall–Kier alpha value is -0.430. The van der Waals surface area contributed by atoms with Gasteiger partial charge in [-0.05, 0) is 43.5 Å². The summed E-state index contributed by atoms with van der Waals surface area (Å²) in [7, 11) is -3.37. The Balaban J connectivity index is 2.28. The minimum Gasteiger partial charge on any atom is -0.330 e. The van der Waals surface area contributed by atoms with Gasteiger partial charge in [0.05, 0.1) is 4.90 Å². The largest absolute Gasteiger partial charge is 0.330 e. The number of sulfonamides is 1. The molecule has 0 aliphatic carbocycles. The predicted octanol–water partition coefficient (Wildman–Crippen LogP) is 1.73. The summed E-state index contributed by atoms with van der Waals surface area (Å²) < 4.78 is 27.2. The van der Waals surface area contributed by atoms with Gasteiger partial charge in [0.2, 0.25) is 10.0 Å². The van der Waals surface area contributed by atoms with Gasteiger partial charge in [-0.25, -0.2) is 8.42 Å². The second kappa shape index (κ2) is 5.28. The van der Waals surface area contributed by atoms with E-state index < -0.39 is 10.0 Å². The van der Waals surface area contributed by atoms with E-state index in [4.69, 9.17) is 5.73 Å². The fourth-order valence-electron chi connectivity index (χ4n) is 2.09. The normalized spacial score (nSPS) is 21.4. The van der Waals surface area contributed by atoms with Crippen LogP contribution in [0.4, 0.5) is 0 Å². The standard InChI is InChI=1S/C12H17BrN2O2S/c1-9-2-3-11(6-12(9)13)18(16,17)15-5-4-10(7-14)8-15/h2-3,6,10H,4-5,7-8,14H2,1H3. The molecule has 1 heterocycles. The maximum atomic E-state index is 12.4. The van der Waals surface area contributed by atoms with Crippen molar-refractivity contribution < 1.29 is 8.42 Å². The highest BCUT2D eigenvalue weighted by Crippen LogP contribution is 2.26. The molecule has 1 fully saturated rings. The van der Waals surface area contributed by atoms with E-state index in [1.165, 1.54) is 4.31 Å². The molecule has 0 saturated carbocycles. The van der Waals surface area contributed by atoms with Crippen LogP contribution in [0.15, 0.2) is 27.6 Å². The molecule has 1 saturated heterocycles. The third-order valence-electron chi connectivity index (χ3n) is 3.36. The van der Waals surface area contributed by atoms with Crippen LogP contribution in [0.3, 0.4) is 0 Å². The van der Waals surface area contributed by atoms with Gasteiger partial charge in [0.25, 0.3) is 0 Å². The van der Waals surface area contributed by atoms with E-state index in [-0.39, 0.29) is 5.92 Å². The lowest BCUT2D eigenvalue weighted by atomic mass is 10.1. The molecule has 1 aliphatic rings. The molecule has 6 heteroatoms. The average molecular weight is 333 g/mol. The van der Waals surface area contributed by atoms with Crippen molar-refractivity contribution in [2.24, 2.45) is 11.7 Å². The van der Waals surface area contributed by atoms with Gasteiger partial charge >= 0.3 is 0 Å². The van der Waals surface area contributed by atoms with Crippen molar-refractivity contribution in [2.75, 3.05) is 19.6 Å². The summed E-state index contributed by atoms with van der Waals surface area (Å²) in [6.45, 7) is 3.57. The fourth-order valence-corrected chi connectivity index (χ4v) is 4.18. The maximum absolute atomic E-state index is 12.4. The molecule has 0 bridgehead atoms. The summed E-state index contributed by atoms with van der Waals surface area (Å²) in [4.78, 5) is 0.345. The topological polar surface area (TPSA) is 63.4 Å². The zero-order valence-electron chi connectivity index (χ0n) is 10.3. The maximum Gasteiger partial charge on any atom is 0.243 e. The molecule has 0 radical (unpaired) electrons. The zero-order chi connectivity index (χ0) is 13.3. The highest BCUT2D eigenvalue weighted by atomic mass is 79.9. The first-order chi connectivity index (χ1) is 8.45. The van der Waals surface area contributed by atoms with Crippen molar-refractivity contribution in [2.45, 2.75) is 18.2 Å². The van der Waals surface area contributed by atoms with Gasteiger partial charge in [-0.2, -0.15) is 4.31 Å². The van der Waals surface area contributed by atoms with Crippen molar-refractivity contribution in [3.05, 3.63) is 28.2 Å². The van der Waals surface area contributed by atoms with Crippen molar-refractivity contribution in [3.63, 3.8) is 0 Å². The lowest BCUT2D eigenvalue weighted by Gasteiger charge is -2.16. The molecule has 1 aromatic carbocycles. The van der Waals surface area contributed by atoms with Gasteiger partial charge in [0.15, 0.2) is 0 Å². The van der Waals surface area contributed by atoms with Gasteiger partial charge in [0, 0.05) is 17.6 Å². The molecule has 0 amide bonds. The molecule has 1 unspecified atom stereocenters. The van der Waals surface area contributed by atoms with E-state index in [1.54, 1.807) is 12.1 Å². The smallest absolute Gasteiger partial charge is 0.243 e. The molecule has 4 nitrogen and oxygen atoms in total. The third-order valence-corrected chi connectivity index (χ3v) is 6.08. The van der Waals surface area contributed by atoms with Gasteiger partial charge in [0.1, 0.15) is 0 Å². The van der Waals surface area contributed by atoms with Crippen LogP contribution >= 0.6 is 15.9 Å². The molecule has 1 aliphatic heterocycles. The minimum atomic E-state index is -3.37. The lowest BCUT2D eigenvalue weighted by molar-refractivity contribution is 0.459. The number of benzene rings is 1. The molecular formula is C12H17BrN2O2S. The molecule has 1 atom stereocenters. The SMILES string of the molecule is Cc1ccc(S(=O)(=O)N2CCC(CN)C2)cc1Br. The van der Waals surface area contributed by atoms with Gasteiger partial charge in [-0.15, -0.1) is 0 Å². The van der Waals surface area contributed by atoms with E-state index in [0.717, 1.165) is 16.5 Å².